The van der Waals surface area contributed by atoms with Gasteiger partial charge in [-0.25, -0.2) is 4.98 Å². The van der Waals surface area contributed by atoms with Gasteiger partial charge in [-0.15, -0.1) is 0 Å². The molecule has 1 aliphatic rings. The number of aromatic nitrogens is 2. The van der Waals surface area contributed by atoms with Gasteiger partial charge in [-0.3, -0.25) is 19.1 Å². The van der Waals surface area contributed by atoms with Crippen molar-refractivity contribution in [1.82, 2.24) is 14.5 Å². The predicted molar refractivity (Wildman–Crippen MR) is 152 cm³/mol. The highest BCUT2D eigenvalue weighted by atomic mass is 35.5. The van der Waals surface area contributed by atoms with Crippen LogP contribution in [0.4, 0.5) is 0 Å². The van der Waals surface area contributed by atoms with Crippen LogP contribution in [0.5, 0.6) is 0 Å². The first-order valence-electron chi connectivity index (χ1n) is 11.2. The Balaban J connectivity index is 1.32. The van der Waals surface area contributed by atoms with Gasteiger partial charge in [-0.1, -0.05) is 102 Å². The average molecular weight is 550 g/mol. The van der Waals surface area contributed by atoms with Crippen molar-refractivity contribution in [2.45, 2.75) is 17.3 Å². The number of fused-ring (bicyclic) bond motifs is 1. The van der Waals surface area contributed by atoms with E-state index in [4.69, 9.17) is 28.8 Å². The lowest BCUT2D eigenvalue weighted by atomic mass is 10.2. The van der Waals surface area contributed by atoms with Crippen LogP contribution >= 0.6 is 47.3 Å². The smallest absolute Gasteiger partial charge is 0.266 e. The molecule has 36 heavy (non-hydrogen) atoms. The predicted octanol–water partition coefficient (Wildman–Crippen LogP) is 6.91. The number of hydrogen-bond acceptors (Lipinski definition) is 6. The van der Waals surface area contributed by atoms with Crippen molar-refractivity contribution >= 4 is 80.6 Å². The Morgan fingerprint density at radius 3 is 2.53 bits per heavy atom. The van der Waals surface area contributed by atoms with Crippen LogP contribution in [0.25, 0.3) is 17.1 Å². The lowest BCUT2D eigenvalue weighted by Gasteiger charge is -2.15. The van der Waals surface area contributed by atoms with Gasteiger partial charge in [0, 0.05) is 23.7 Å². The summed E-state index contributed by atoms with van der Waals surface area (Å²) in [5.74, 6) is 0.338. The molecule has 0 N–H and O–H groups in total. The quantitative estimate of drug-likeness (QED) is 0.142. The molecule has 1 amide bonds. The molecule has 180 valence electrons. The Morgan fingerprint density at radius 2 is 1.75 bits per heavy atom. The van der Waals surface area contributed by atoms with Crippen molar-refractivity contribution < 1.29 is 9.59 Å². The second kappa shape index (κ2) is 11.0. The summed E-state index contributed by atoms with van der Waals surface area (Å²) in [7, 11) is 0. The number of thiocarbonyl (C=S) groups is 1. The van der Waals surface area contributed by atoms with Crippen LogP contribution in [-0.4, -0.2) is 37.1 Å². The number of rotatable bonds is 7. The molecule has 9 heteroatoms. The highest BCUT2D eigenvalue weighted by molar-refractivity contribution is 8.26. The third-order valence-corrected chi connectivity index (χ3v) is 8.22. The fraction of sp³-hybridized carbons (Fsp3) is 0.111. The summed E-state index contributed by atoms with van der Waals surface area (Å²) in [6, 6.07) is 24.8. The zero-order chi connectivity index (χ0) is 25.1. The maximum atomic E-state index is 13.4. The summed E-state index contributed by atoms with van der Waals surface area (Å²) in [4.78, 5) is 33.2. The molecule has 3 aromatic carbocycles. The molecule has 1 fully saturated rings. The summed E-state index contributed by atoms with van der Waals surface area (Å²) in [6.07, 6.45) is 1.95. The molecule has 0 spiro atoms. The number of thioether (sulfide) groups is 2. The van der Waals surface area contributed by atoms with Crippen molar-refractivity contribution in [3.63, 3.8) is 0 Å². The second-order valence-electron chi connectivity index (χ2n) is 8.02. The van der Waals surface area contributed by atoms with Crippen molar-refractivity contribution in [3.8, 4) is 0 Å². The largest absolute Gasteiger partial charge is 0.292 e. The van der Waals surface area contributed by atoms with E-state index in [0.29, 0.717) is 25.2 Å². The third-order valence-electron chi connectivity index (χ3n) is 5.58. The van der Waals surface area contributed by atoms with Crippen molar-refractivity contribution in [2.75, 3.05) is 6.54 Å². The molecule has 1 saturated heterocycles. The van der Waals surface area contributed by atoms with Crippen LogP contribution in [-0.2, 0) is 10.5 Å². The minimum absolute atomic E-state index is 0.125. The zero-order valence-electron chi connectivity index (χ0n) is 19.0. The van der Waals surface area contributed by atoms with Gasteiger partial charge in [0.25, 0.3) is 5.91 Å². The van der Waals surface area contributed by atoms with Crippen molar-refractivity contribution in [1.29, 1.82) is 0 Å². The van der Waals surface area contributed by atoms with E-state index in [-0.39, 0.29) is 24.8 Å². The zero-order valence-corrected chi connectivity index (χ0v) is 22.2. The number of amides is 1. The first kappa shape index (κ1) is 24.8. The van der Waals surface area contributed by atoms with E-state index in [2.05, 4.69) is 0 Å². The van der Waals surface area contributed by atoms with E-state index in [1.807, 2.05) is 84.9 Å². The molecule has 0 radical (unpaired) electrons. The van der Waals surface area contributed by atoms with Gasteiger partial charge in [0.15, 0.2) is 5.16 Å². The fourth-order valence-electron chi connectivity index (χ4n) is 3.78. The molecule has 0 bridgehead atoms. The van der Waals surface area contributed by atoms with Gasteiger partial charge < -0.3 is 0 Å². The Labute approximate surface area is 227 Å². The van der Waals surface area contributed by atoms with Crippen LogP contribution < -0.4 is 0 Å². The number of nitrogens with zero attached hydrogens (tertiary/aromatic N) is 3. The first-order chi connectivity index (χ1) is 17.5. The molecular weight excluding hydrogens is 530 g/mol. The Kier molecular flexibility index (Phi) is 7.57. The first-order valence-corrected chi connectivity index (χ1v) is 13.8. The number of carbonyl (C=O) groups is 2. The molecule has 2 heterocycles. The highest BCUT2D eigenvalue weighted by Crippen LogP contribution is 2.33. The van der Waals surface area contributed by atoms with Gasteiger partial charge in [0.05, 0.1) is 15.9 Å². The van der Waals surface area contributed by atoms with Crippen LogP contribution in [0.3, 0.4) is 0 Å². The van der Waals surface area contributed by atoms with Gasteiger partial charge in [0.1, 0.15) is 4.32 Å². The molecule has 0 atom stereocenters. The van der Waals surface area contributed by atoms with Gasteiger partial charge in [0.2, 0.25) is 5.91 Å². The topological polar surface area (TPSA) is 55.2 Å². The average Bonchev–Trinajstić information content (AvgIpc) is 3.39. The van der Waals surface area contributed by atoms with E-state index in [0.717, 1.165) is 22.2 Å². The second-order valence-corrected chi connectivity index (χ2v) is 11.1. The van der Waals surface area contributed by atoms with E-state index in [1.54, 1.807) is 4.57 Å². The van der Waals surface area contributed by atoms with E-state index in [1.165, 1.54) is 28.4 Å². The van der Waals surface area contributed by atoms with E-state index < -0.39 is 0 Å². The molecule has 1 aliphatic heterocycles. The monoisotopic (exact) mass is 549 g/mol. The molecule has 1 aromatic heterocycles. The van der Waals surface area contributed by atoms with Gasteiger partial charge >= 0.3 is 0 Å². The van der Waals surface area contributed by atoms with Crippen molar-refractivity contribution in [2.24, 2.45) is 0 Å². The lowest BCUT2D eigenvalue weighted by Crippen LogP contribution is -2.31. The third kappa shape index (κ3) is 5.42. The van der Waals surface area contributed by atoms with Crippen molar-refractivity contribution in [3.05, 3.63) is 99.9 Å². The molecule has 0 aliphatic carbocycles. The van der Waals surface area contributed by atoms with Gasteiger partial charge in [-0.05, 0) is 41.5 Å². The number of hydrogen-bond donors (Lipinski definition) is 0. The van der Waals surface area contributed by atoms with Crippen LogP contribution in [0.15, 0.2) is 88.9 Å². The maximum absolute atomic E-state index is 13.4. The molecule has 0 unspecified atom stereocenters. The number of carbonyl (C=O) groups excluding carboxylic acids is 2. The number of imidazole rings is 1. The molecule has 4 aromatic rings. The van der Waals surface area contributed by atoms with Crippen LogP contribution in [0, 0.1) is 0 Å². The normalized spacial score (nSPS) is 14.8. The fourth-order valence-corrected chi connectivity index (χ4v) is 6.20. The number of benzene rings is 3. The minimum atomic E-state index is -0.172. The summed E-state index contributed by atoms with van der Waals surface area (Å²) in [6.45, 7) is 0.212. The SMILES string of the molecule is O=C1C(=Cc2ccccc2)SC(=S)N1CCC(=O)n1c(SCc2ccc(Cl)cc2)nc2ccccc21. The Morgan fingerprint density at radius 1 is 1.03 bits per heavy atom. The summed E-state index contributed by atoms with van der Waals surface area (Å²) < 4.78 is 2.11. The number of para-hydroxylation sites is 2. The maximum Gasteiger partial charge on any atom is 0.266 e. The molecule has 5 rings (SSSR count). The number of halogens is 1. The highest BCUT2D eigenvalue weighted by Gasteiger charge is 2.32. The summed E-state index contributed by atoms with van der Waals surface area (Å²) in [5.41, 5.74) is 3.51. The van der Waals surface area contributed by atoms with Gasteiger partial charge in [-0.2, -0.15) is 0 Å². The molecular formula is C27H20ClN3O2S3. The van der Waals surface area contributed by atoms with E-state index in [9.17, 15) is 9.59 Å². The van der Waals surface area contributed by atoms with E-state index >= 15 is 0 Å². The Hall–Kier alpha value is -2.91. The Bertz CT molecular complexity index is 1480. The minimum Gasteiger partial charge on any atom is -0.292 e. The standard InChI is InChI=1S/C27H20ClN3O2S3/c28-20-12-10-19(11-13-20)17-35-26-29-21-8-4-5-9-22(21)31(26)24(32)14-15-30-25(33)23(36-27(30)34)16-18-6-2-1-3-7-18/h1-13,16H,14-15,17H2. The summed E-state index contributed by atoms with van der Waals surface area (Å²) in [5, 5.41) is 1.30. The lowest BCUT2D eigenvalue weighted by molar-refractivity contribution is -0.122. The van der Waals surface area contributed by atoms with Crippen LogP contribution in [0.2, 0.25) is 5.02 Å². The molecule has 5 nitrogen and oxygen atoms in total. The molecule has 0 saturated carbocycles. The summed E-state index contributed by atoms with van der Waals surface area (Å²) >= 11 is 14.2. The van der Waals surface area contributed by atoms with Crippen LogP contribution in [0.1, 0.15) is 22.3 Å².